The number of cyclic esters (lactones) is 1. The van der Waals surface area contributed by atoms with Crippen LogP contribution >= 0.6 is 0 Å². The van der Waals surface area contributed by atoms with Gasteiger partial charge < -0.3 is 14.2 Å². The van der Waals surface area contributed by atoms with E-state index in [4.69, 9.17) is 14.2 Å². The average Bonchev–Trinajstić information content (AvgIpc) is 3.03. The number of nitro groups is 1. The predicted octanol–water partition coefficient (Wildman–Crippen LogP) is 2.79. The molecule has 1 heterocycles. The zero-order chi connectivity index (χ0) is 21.8. The molecule has 1 aliphatic heterocycles. The first-order valence-electron chi connectivity index (χ1n) is 8.51. The van der Waals surface area contributed by atoms with Crippen molar-refractivity contribution in [2.24, 2.45) is 4.99 Å². The van der Waals surface area contributed by atoms with Crippen LogP contribution in [0.4, 0.5) is 5.69 Å². The van der Waals surface area contributed by atoms with Gasteiger partial charge in [-0.25, -0.2) is 9.79 Å². The van der Waals surface area contributed by atoms with Crippen molar-refractivity contribution < 1.29 is 33.5 Å². The zero-order valence-electron chi connectivity index (χ0n) is 15.8. The Morgan fingerprint density at radius 1 is 1.07 bits per heavy atom. The summed E-state index contributed by atoms with van der Waals surface area (Å²) in [5.41, 5.74) is 0.450. The summed E-state index contributed by atoms with van der Waals surface area (Å²) in [4.78, 5) is 49.1. The summed E-state index contributed by atoms with van der Waals surface area (Å²) in [6, 6.07) is 9.82. The van der Waals surface area contributed by atoms with E-state index in [-0.39, 0.29) is 34.3 Å². The molecule has 0 unspecified atom stereocenters. The Balaban J connectivity index is 1.95. The molecule has 0 saturated heterocycles. The van der Waals surface area contributed by atoms with Gasteiger partial charge in [0.2, 0.25) is 5.90 Å². The number of esters is 3. The third-order valence-electron chi connectivity index (χ3n) is 3.70. The summed E-state index contributed by atoms with van der Waals surface area (Å²) >= 11 is 0. The van der Waals surface area contributed by atoms with E-state index in [0.29, 0.717) is 5.56 Å². The molecule has 0 radical (unpaired) electrons. The minimum atomic E-state index is -0.755. The lowest BCUT2D eigenvalue weighted by atomic mass is 10.1. The molecular formula is C20H14N2O8. The average molecular weight is 410 g/mol. The van der Waals surface area contributed by atoms with E-state index in [1.165, 1.54) is 62.4 Å². The van der Waals surface area contributed by atoms with Crippen molar-refractivity contribution in [3.63, 3.8) is 0 Å². The summed E-state index contributed by atoms with van der Waals surface area (Å²) in [6.45, 7) is 2.39. The van der Waals surface area contributed by atoms with Crippen LogP contribution in [0.1, 0.15) is 25.0 Å². The highest BCUT2D eigenvalue weighted by atomic mass is 16.6. The van der Waals surface area contributed by atoms with Gasteiger partial charge in [-0.1, -0.05) is 12.1 Å². The third-order valence-corrected chi connectivity index (χ3v) is 3.70. The van der Waals surface area contributed by atoms with Crippen LogP contribution < -0.4 is 9.47 Å². The second-order valence-electron chi connectivity index (χ2n) is 6.04. The molecule has 0 spiro atoms. The molecule has 0 aromatic heterocycles. The number of ether oxygens (including phenoxy) is 3. The van der Waals surface area contributed by atoms with Gasteiger partial charge in [0, 0.05) is 31.5 Å². The number of rotatable bonds is 5. The SMILES string of the molecule is CC(=O)Oc1ccc(/C=C2\N=C(c3cccc([N+](=O)[O-])c3)OC2=O)cc1OC(C)=O. The van der Waals surface area contributed by atoms with E-state index >= 15 is 0 Å². The van der Waals surface area contributed by atoms with Gasteiger partial charge in [0.25, 0.3) is 5.69 Å². The van der Waals surface area contributed by atoms with E-state index in [1.54, 1.807) is 0 Å². The molecule has 1 aliphatic rings. The Labute approximate surface area is 169 Å². The molecule has 0 fully saturated rings. The maximum Gasteiger partial charge on any atom is 0.363 e. The van der Waals surface area contributed by atoms with Crippen LogP contribution in [0.3, 0.4) is 0 Å². The zero-order valence-corrected chi connectivity index (χ0v) is 15.8. The Kier molecular flexibility index (Phi) is 5.68. The van der Waals surface area contributed by atoms with Crippen molar-refractivity contribution >= 4 is 35.6 Å². The molecule has 0 amide bonds. The van der Waals surface area contributed by atoms with Crippen LogP contribution in [0.25, 0.3) is 6.08 Å². The van der Waals surface area contributed by atoms with E-state index < -0.39 is 22.8 Å². The van der Waals surface area contributed by atoms with Crippen molar-refractivity contribution in [2.45, 2.75) is 13.8 Å². The summed E-state index contributed by atoms with van der Waals surface area (Å²) in [6.07, 6.45) is 1.37. The lowest BCUT2D eigenvalue weighted by Crippen LogP contribution is -2.07. The van der Waals surface area contributed by atoms with Gasteiger partial charge in [0.15, 0.2) is 17.2 Å². The fourth-order valence-electron chi connectivity index (χ4n) is 2.53. The molecule has 3 rings (SSSR count). The maximum atomic E-state index is 12.2. The van der Waals surface area contributed by atoms with Crippen LogP contribution in [0.5, 0.6) is 11.5 Å². The standard InChI is InChI=1S/C20H14N2O8/c1-11(23)28-17-7-6-13(9-18(17)29-12(2)24)8-16-20(25)30-19(21-16)14-4-3-5-15(10-14)22(26)27/h3-10H,1-2H3/b16-8-. The molecule has 0 N–H and O–H groups in total. The molecule has 0 bridgehead atoms. The number of carbonyl (C=O) groups is 3. The van der Waals surface area contributed by atoms with Crippen molar-refractivity contribution in [3.05, 3.63) is 69.4 Å². The summed E-state index contributed by atoms with van der Waals surface area (Å²) in [5, 5.41) is 10.9. The lowest BCUT2D eigenvalue weighted by molar-refractivity contribution is -0.384. The van der Waals surface area contributed by atoms with Crippen molar-refractivity contribution in [3.8, 4) is 11.5 Å². The first kappa shape index (κ1) is 20.4. The van der Waals surface area contributed by atoms with Gasteiger partial charge in [-0.15, -0.1) is 0 Å². The minimum absolute atomic E-state index is 0.0127. The van der Waals surface area contributed by atoms with Gasteiger partial charge in [0.05, 0.1) is 4.92 Å². The molecule has 10 heteroatoms. The molecule has 0 atom stereocenters. The third kappa shape index (κ3) is 4.73. The Hall–Kier alpha value is -4.34. The topological polar surface area (TPSA) is 134 Å². The molecule has 2 aromatic rings. The quantitative estimate of drug-likeness (QED) is 0.241. The molecule has 2 aromatic carbocycles. The second-order valence-corrected chi connectivity index (χ2v) is 6.04. The summed E-state index contributed by atoms with van der Waals surface area (Å²) < 4.78 is 15.1. The molecule has 0 aliphatic carbocycles. The molecule has 0 saturated carbocycles. The van der Waals surface area contributed by atoms with E-state index in [9.17, 15) is 24.5 Å². The number of aliphatic imine (C=N–C) groups is 1. The van der Waals surface area contributed by atoms with Crippen LogP contribution in [0.2, 0.25) is 0 Å². The number of hydrogen-bond acceptors (Lipinski definition) is 9. The predicted molar refractivity (Wildman–Crippen MR) is 103 cm³/mol. The second kappa shape index (κ2) is 8.35. The number of nitro benzene ring substituents is 1. The van der Waals surface area contributed by atoms with Crippen LogP contribution in [-0.4, -0.2) is 28.7 Å². The number of benzene rings is 2. The highest BCUT2D eigenvalue weighted by Crippen LogP contribution is 2.30. The van der Waals surface area contributed by atoms with E-state index in [0.717, 1.165) is 0 Å². The van der Waals surface area contributed by atoms with Crippen molar-refractivity contribution in [1.29, 1.82) is 0 Å². The maximum absolute atomic E-state index is 12.2. The Morgan fingerprint density at radius 3 is 2.43 bits per heavy atom. The van der Waals surface area contributed by atoms with Gasteiger partial charge >= 0.3 is 17.9 Å². The highest BCUT2D eigenvalue weighted by molar-refractivity contribution is 6.13. The number of nitrogens with zero attached hydrogens (tertiary/aromatic N) is 2. The molecular weight excluding hydrogens is 396 g/mol. The van der Waals surface area contributed by atoms with E-state index in [2.05, 4.69) is 4.99 Å². The monoisotopic (exact) mass is 410 g/mol. The van der Waals surface area contributed by atoms with Crippen LogP contribution in [0, 0.1) is 10.1 Å². The minimum Gasteiger partial charge on any atom is -0.423 e. The largest absolute Gasteiger partial charge is 0.423 e. The fraction of sp³-hybridized carbons (Fsp3) is 0.100. The number of non-ortho nitro benzene ring substituents is 1. The van der Waals surface area contributed by atoms with Gasteiger partial charge in [-0.3, -0.25) is 19.7 Å². The lowest BCUT2D eigenvalue weighted by Gasteiger charge is -2.09. The first-order chi connectivity index (χ1) is 14.2. The Morgan fingerprint density at radius 2 is 1.77 bits per heavy atom. The Bertz CT molecular complexity index is 1130. The van der Waals surface area contributed by atoms with Gasteiger partial charge in [-0.05, 0) is 29.8 Å². The van der Waals surface area contributed by atoms with Gasteiger partial charge in [0.1, 0.15) is 0 Å². The summed E-state index contributed by atoms with van der Waals surface area (Å²) in [7, 11) is 0. The normalized spacial score (nSPS) is 14.1. The highest BCUT2D eigenvalue weighted by Gasteiger charge is 2.25. The van der Waals surface area contributed by atoms with Crippen molar-refractivity contribution in [1.82, 2.24) is 0 Å². The van der Waals surface area contributed by atoms with E-state index in [1.807, 2.05) is 0 Å². The summed E-state index contributed by atoms with van der Waals surface area (Å²) in [5.74, 6) is -2.03. The van der Waals surface area contributed by atoms with Gasteiger partial charge in [-0.2, -0.15) is 0 Å². The molecule has 30 heavy (non-hydrogen) atoms. The first-order valence-corrected chi connectivity index (χ1v) is 8.51. The van der Waals surface area contributed by atoms with Crippen LogP contribution in [-0.2, 0) is 19.1 Å². The van der Waals surface area contributed by atoms with Crippen LogP contribution in [0.15, 0.2) is 53.2 Å². The number of carbonyl (C=O) groups excluding carboxylic acids is 3. The smallest absolute Gasteiger partial charge is 0.363 e. The van der Waals surface area contributed by atoms with Crippen molar-refractivity contribution in [2.75, 3.05) is 0 Å². The number of hydrogen-bond donors (Lipinski definition) is 0. The fourth-order valence-corrected chi connectivity index (χ4v) is 2.53. The molecule has 152 valence electrons. The molecule has 10 nitrogen and oxygen atoms in total.